The first kappa shape index (κ1) is 8.88. The maximum absolute atomic E-state index is 3.24. The molecular formula is C6H17N3. The summed E-state index contributed by atoms with van der Waals surface area (Å²) in [6, 6.07) is 0. The lowest BCUT2D eigenvalue weighted by Crippen LogP contribution is -2.34. The number of nitrogens with one attached hydrogen (secondary N) is 1. The normalized spacial score (nSPS) is 11.3. The first-order chi connectivity index (χ1) is 4.13. The summed E-state index contributed by atoms with van der Waals surface area (Å²) in [5.41, 5.74) is 0. The van der Waals surface area contributed by atoms with Gasteiger partial charge in [0.15, 0.2) is 0 Å². The van der Waals surface area contributed by atoms with Gasteiger partial charge in [0, 0.05) is 13.3 Å². The lowest BCUT2D eigenvalue weighted by Gasteiger charge is -2.14. The van der Waals surface area contributed by atoms with Crippen LogP contribution in [0.15, 0.2) is 0 Å². The molecule has 3 nitrogen and oxygen atoms in total. The third kappa shape index (κ3) is 7.88. The van der Waals surface area contributed by atoms with Crippen molar-refractivity contribution in [1.29, 1.82) is 0 Å². The van der Waals surface area contributed by atoms with Crippen molar-refractivity contribution in [1.82, 2.24) is 15.1 Å². The summed E-state index contributed by atoms with van der Waals surface area (Å²) < 4.78 is 0. The van der Waals surface area contributed by atoms with E-state index < -0.39 is 0 Å². The Kier molecular flexibility index (Phi) is 4.67. The van der Waals surface area contributed by atoms with Crippen molar-refractivity contribution in [2.45, 2.75) is 0 Å². The predicted octanol–water partition coefficient (Wildman–Crippen LogP) is -0.386. The number of hydrogen-bond acceptors (Lipinski definition) is 3. The van der Waals surface area contributed by atoms with E-state index in [-0.39, 0.29) is 0 Å². The molecule has 56 valence electrons. The van der Waals surface area contributed by atoms with E-state index in [9.17, 15) is 0 Å². The SMILES string of the molecule is CN(C)CNCN(C)C. The van der Waals surface area contributed by atoms with Crippen molar-refractivity contribution >= 4 is 0 Å². The second kappa shape index (κ2) is 4.73. The molecule has 1 N–H and O–H groups in total. The maximum atomic E-state index is 3.24. The molecule has 0 saturated carbocycles. The van der Waals surface area contributed by atoms with Gasteiger partial charge in [-0.2, -0.15) is 0 Å². The molecule has 0 amide bonds. The lowest BCUT2D eigenvalue weighted by molar-refractivity contribution is 0.302. The van der Waals surface area contributed by atoms with Gasteiger partial charge < -0.3 is 0 Å². The molecule has 0 aliphatic carbocycles. The van der Waals surface area contributed by atoms with Crippen LogP contribution in [-0.4, -0.2) is 51.3 Å². The van der Waals surface area contributed by atoms with E-state index in [4.69, 9.17) is 0 Å². The summed E-state index contributed by atoms with van der Waals surface area (Å²) in [7, 11) is 8.18. The Hall–Kier alpha value is -0.120. The molecule has 0 aromatic rings. The smallest absolute Gasteiger partial charge is 0.0484 e. The zero-order valence-corrected chi connectivity index (χ0v) is 6.81. The highest BCUT2D eigenvalue weighted by Crippen LogP contribution is 1.69. The highest BCUT2D eigenvalue weighted by Gasteiger charge is 1.88. The van der Waals surface area contributed by atoms with Crippen LogP contribution in [0.5, 0.6) is 0 Å². The Morgan fingerprint density at radius 1 is 0.889 bits per heavy atom. The van der Waals surface area contributed by atoms with Gasteiger partial charge >= 0.3 is 0 Å². The van der Waals surface area contributed by atoms with Gasteiger partial charge in [0.25, 0.3) is 0 Å². The average Bonchev–Trinajstić information content (AvgIpc) is 1.63. The van der Waals surface area contributed by atoms with Crippen molar-refractivity contribution in [3.8, 4) is 0 Å². The van der Waals surface area contributed by atoms with Crippen molar-refractivity contribution in [2.75, 3.05) is 41.5 Å². The van der Waals surface area contributed by atoms with E-state index in [1.165, 1.54) is 0 Å². The van der Waals surface area contributed by atoms with E-state index >= 15 is 0 Å². The Morgan fingerprint density at radius 3 is 1.44 bits per heavy atom. The summed E-state index contributed by atoms with van der Waals surface area (Å²) in [5, 5.41) is 3.24. The second-order valence-corrected chi connectivity index (χ2v) is 2.73. The highest BCUT2D eigenvalue weighted by atomic mass is 15.2. The highest BCUT2D eigenvalue weighted by molar-refractivity contribution is 4.40. The molecule has 0 rings (SSSR count). The maximum Gasteiger partial charge on any atom is 0.0484 e. The molecule has 0 fully saturated rings. The Morgan fingerprint density at radius 2 is 1.22 bits per heavy atom. The van der Waals surface area contributed by atoms with Crippen molar-refractivity contribution < 1.29 is 0 Å². The standard InChI is InChI=1S/C6H17N3/c1-8(2)5-7-6-9(3)4/h7H,5-6H2,1-4H3. The number of rotatable bonds is 4. The third-order valence-corrected chi connectivity index (χ3v) is 0.856. The fraction of sp³-hybridized carbons (Fsp3) is 1.00. The van der Waals surface area contributed by atoms with Gasteiger partial charge in [-0.3, -0.25) is 15.1 Å². The monoisotopic (exact) mass is 131 g/mol. The van der Waals surface area contributed by atoms with Crippen LogP contribution in [0.2, 0.25) is 0 Å². The third-order valence-electron chi connectivity index (χ3n) is 0.856. The Labute approximate surface area is 57.6 Å². The molecule has 0 spiro atoms. The summed E-state index contributed by atoms with van der Waals surface area (Å²) in [4.78, 5) is 4.20. The van der Waals surface area contributed by atoms with Crippen molar-refractivity contribution in [3.05, 3.63) is 0 Å². The van der Waals surface area contributed by atoms with Gasteiger partial charge in [-0.15, -0.1) is 0 Å². The van der Waals surface area contributed by atoms with Crippen LogP contribution in [-0.2, 0) is 0 Å². The van der Waals surface area contributed by atoms with Crippen LogP contribution < -0.4 is 5.32 Å². The van der Waals surface area contributed by atoms with Crippen LogP contribution in [0.4, 0.5) is 0 Å². The molecule has 0 heterocycles. The fourth-order valence-electron chi connectivity index (χ4n) is 0.497. The number of hydrogen-bond donors (Lipinski definition) is 1. The van der Waals surface area contributed by atoms with Gasteiger partial charge in [0.1, 0.15) is 0 Å². The van der Waals surface area contributed by atoms with Gasteiger partial charge in [-0.05, 0) is 28.2 Å². The predicted molar refractivity (Wildman–Crippen MR) is 40.2 cm³/mol. The first-order valence-electron chi connectivity index (χ1n) is 3.13. The van der Waals surface area contributed by atoms with Gasteiger partial charge in [-0.1, -0.05) is 0 Å². The van der Waals surface area contributed by atoms with Gasteiger partial charge in [-0.25, -0.2) is 0 Å². The number of nitrogens with zero attached hydrogens (tertiary/aromatic N) is 2. The van der Waals surface area contributed by atoms with Crippen molar-refractivity contribution in [3.63, 3.8) is 0 Å². The van der Waals surface area contributed by atoms with E-state index in [0.29, 0.717) is 0 Å². The molecule has 0 radical (unpaired) electrons. The fourth-order valence-corrected chi connectivity index (χ4v) is 0.497. The quantitative estimate of drug-likeness (QED) is 0.524. The zero-order chi connectivity index (χ0) is 7.28. The first-order valence-corrected chi connectivity index (χ1v) is 3.13. The summed E-state index contributed by atoms with van der Waals surface area (Å²) >= 11 is 0. The zero-order valence-electron chi connectivity index (χ0n) is 6.81. The van der Waals surface area contributed by atoms with Crippen LogP contribution in [0.25, 0.3) is 0 Å². The van der Waals surface area contributed by atoms with Crippen LogP contribution in [0.3, 0.4) is 0 Å². The van der Waals surface area contributed by atoms with E-state index in [1.54, 1.807) is 0 Å². The van der Waals surface area contributed by atoms with Gasteiger partial charge in [0.05, 0.1) is 0 Å². The van der Waals surface area contributed by atoms with Crippen LogP contribution in [0, 0.1) is 0 Å². The summed E-state index contributed by atoms with van der Waals surface area (Å²) in [5.74, 6) is 0. The molecule has 0 aromatic carbocycles. The minimum Gasteiger partial charge on any atom is -0.297 e. The minimum atomic E-state index is 0.943. The topological polar surface area (TPSA) is 18.5 Å². The molecule has 3 heteroatoms. The molecule has 9 heavy (non-hydrogen) atoms. The molecule has 0 saturated heterocycles. The molecule has 0 aromatic heterocycles. The lowest BCUT2D eigenvalue weighted by atomic mass is 10.8. The molecule has 0 unspecified atom stereocenters. The molecule has 0 atom stereocenters. The van der Waals surface area contributed by atoms with E-state index in [2.05, 4.69) is 15.1 Å². The Bertz CT molecular complexity index is 53.3. The van der Waals surface area contributed by atoms with Crippen molar-refractivity contribution in [2.24, 2.45) is 0 Å². The average molecular weight is 131 g/mol. The summed E-state index contributed by atoms with van der Waals surface area (Å²) in [6.45, 7) is 1.89. The minimum absolute atomic E-state index is 0.943. The molecule has 0 bridgehead atoms. The molecule has 0 aliphatic heterocycles. The summed E-state index contributed by atoms with van der Waals surface area (Å²) in [6.07, 6.45) is 0. The van der Waals surface area contributed by atoms with Gasteiger partial charge in [0.2, 0.25) is 0 Å². The molecule has 0 aliphatic rings. The molecular weight excluding hydrogens is 114 g/mol. The van der Waals surface area contributed by atoms with Crippen LogP contribution in [0.1, 0.15) is 0 Å². The largest absolute Gasteiger partial charge is 0.297 e. The second-order valence-electron chi connectivity index (χ2n) is 2.73. The van der Waals surface area contributed by atoms with E-state index in [1.807, 2.05) is 28.2 Å². The van der Waals surface area contributed by atoms with Crippen LogP contribution >= 0.6 is 0 Å². The Balaban J connectivity index is 2.91. The van der Waals surface area contributed by atoms with E-state index in [0.717, 1.165) is 13.3 Å².